The quantitative estimate of drug-likeness (QED) is 0.0184. The van der Waals surface area contributed by atoms with Crippen LogP contribution in [0.25, 0.3) is 0 Å². The lowest BCUT2D eigenvalue weighted by atomic mass is 9.74. The van der Waals surface area contributed by atoms with Crippen LogP contribution >= 0.6 is 23.8 Å². The van der Waals surface area contributed by atoms with Crippen molar-refractivity contribution in [2.24, 2.45) is 5.41 Å². The van der Waals surface area contributed by atoms with Gasteiger partial charge in [0.15, 0.2) is 24.3 Å². The standard InChI is InChI=1S/C51H64BrO11P/c1-2-3-4-5-6-7-8-9-10-11-12-13-14-15-28-37-44(53)51(57)50(49(56)62-64(58,63-51)59-39-38-52,47(54)60-45(40-29-20-16-21-30-40)41-31-22-17-23-32-41)48(55)61-46(42-33-24-18-25-34-42)43-35-26-19-27-36-43/h16-27,29-36,45-46,49,56-57H,2-15,28,37-39H2,1H3. The van der Waals surface area contributed by atoms with Crippen molar-refractivity contribution in [2.45, 2.75) is 134 Å². The molecular weight excluding hydrogens is 899 g/mol. The second-order valence-corrected chi connectivity index (χ2v) is 18.6. The number of aliphatic hydroxyl groups excluding tert-OH is 1. The molecular formula is C51H64BrO11P. The molecule has 3 unspecified atom stereocenters. The van der Waals surface area contributed by atoms with Gasteiger partial charge in [0.2, 0.25) is 0 Å². The largest absolute Gasteiger partial charge is 0.480 e. The molecule has 0 bridgehead atoms. The summed E-state index contributed by atoms with van der Waals surface area (Å²) in [6, 6.07) is 34.4. The molecule has 346 valence electrons. The Hall–Kier alpha value is -4.00. The highest BCUT2D eigenvalue weighted by Gasteiger charge is 2.79. The summed E-state index contributed by atoms with van der Waals surface area (Å²) in [7, 11) is -5.06. The normalized spacial score (nSPS) is 19.4. The zero-order chi connectivity index (χ0) is 45.7. The van der Waals surface area contributed by atoms with Crippen molar-refractivity contribution in [3.63, 3.8) is 0 Å². The third-order valence-corrected chi connectivity index (χ3v) is 13.4. The van der Waals surface area contributed by atoms with Gasteiger partial charge < -0.3 is 19.7 Å². The number of hydrogen-bond acceptors (Lipinski definition) is 11. The van der Waals surface area contributed by atoms with Crippen molar-refractivity contribution in [3.8, 4) is 0 Å². The molecule has 1 heterocycles. The summed E-state index contributed by atoms with van der Waals surface area (Å²) >= 11 is 3.18. The molecule has 1 aliphatic rings. The van der Waals surface area contributed by atoms with Crippen LogP contribution < -0.4 is 0 Å². The number of benzene rings is 4. The summed E-state index contributed by atoms with van der Waals surface area (Å²) in [5.41, 5.74) is -1.67. The number of carbonyl (C=O) groups is 3. The number of phosphoric acid groups is 1. The Bertz CT molecular complexity index is 1860. The van der Waals surface area contributed by atoms with Gasteiger partial charge in [0.05, 0.1) is 6.61 Å². The molecule has 4 aromatic rings. The lowest BCUT2D eigenvalue weighted by Crippen LogP contribution is -2.71. The summed E-state index contributed by atoms with van der Waals surface area (Å²) in [6.07, 6.45) is 10.4. The molecule has 5 rings (SSSR count). The minimum absolute atomic E-state index is 0.117. The van der Waals surface area contributed by atoms with E-state index in [9.17, 15) is 19.6 Å². The second-order valence-electron chi connectivity index (χ2n) is 16.3. The van der Waals surface area contributed by atoms with Crippen LogP contribution in [0.15, 0.2) is 121 Å². The van der Waals surface area contributed by atoms with Crippen LogP contribution in [-0.2, 0) is 42.0 Å². The van der Waals surface area contributed by atoms with Gasteiger partial charge in [-0.1, -0.05) is 234 Å². The molecule has 0 radical (unpaired) electrons. The van der Waals surface area contributed by atoms with Crippen LogP contribution in [0.2, 0.25) is 0 Å². The van der Waals surface area contributed by atoms with Crippen LogP contribution in [0.3, 0.4) is 0 Å². The zero-order valence-electron chi connectivity index (χ0n) is 36.9. The zero-order valence-corrected chi connectivity index (χ0v) is 39.4. The molecule has 1 fully saturated rings. The Morgan fingerprint density at radius 2 is 0.953 bits per heavy atom. The van der Waals surface area contributed by atoms with E-state index < -0.39 is 61.7 Å². The third-order valence-electron chi connectivity index (χ3n) is 11.6. The molecule has 11 nitrogen and oxygen atoms in total. The molecule has 1 saturated heterocycles. The fourth-order valence-corrected chi connectivity index (χ4v) is 9.91. The molecule has 4 aromatic carbocycles. The maximum Gasteiger partial charge on any atom is 0.480 e. The van der Waals surface area contributed by atoms with Crippen LogP contribution in [0.4, 0.5) is 0 Å². The highest BCUT2D eigenvalue weighted by molar-refractivity contribution is 9.09. The molecule has 1 aliphatic heterocycles. The Kier molecular flexibility index (Phi) is 20.9. The Labute approximate surface area is 387 Å². The highest BCUT2D eigenvalue weighted by atomic mass is 79.9. The molecule has 2 N–H and O–H groups in total. The van der Waals surface area contributed by atoms with Crippen molar-refractivity contribution >= 4 is 41.5 Å². The van der Waals surface area contributed by atoms with Gasteiger partial charge >= 0.3 is 19.8 Å². The van der Waals surface area contributed by atoms with E-state index in [1.807, 2.05) is 0 Å². The maximum atomic E-state index is 15.2. The SMILES string of the molecule is CCCCCCCCCCCCCCCCCC(=O)C1(O)OP(=O)(OCCBr)OC(O)C1(C(=O)OC(c1ccccc1)c1ccccc1)C(=O)OC(c1ccccc1)c1ccccc1. The second kappa shape index (κ2) is 26.2. The number of esters is 2. The molecule has 3 atom stereocenters. The van der Waals surface area contributed by atoms with Crippen LogP contribution in [-0.4, -0.2) is 51.9 Å². The number of hydrogen-bond donors (Lipinski definition) is 2. The van der Waals surface area contributed by atoms with E-state index >= 15 is 9.59 Å². The molecule has 0 aromatic heterocycles. The van der Waals surface area contributed by atoms with Gasteiger partial charge in [0, 0.05) is 11.8 Å². The van der Waals surface area contributed by atoms with Crippen LogP contribution in [0, 0.1) is 5.41 Å². The summed E-state index contributed by atoms with van der Waals surface area (Å²) in [4.78, 5) is 45.2. The van der Waals surface area contributed by atoms with Crippen molar-refractivity contribution < 1.29 is 52.2 Å². The van der Waals surface area contributed by atoms with Gasteiger partial charge in [0.25, 0.3) is 11.2 Å². The first-order valence-corrected chi connectivity index (χ1v) is 25.4. The number of aliphatic hydroxyl groups is 2. The number of ketones is 1. The lowest BCUT2D eigenvalue weighted by molar-refractivity contribution is -0.301. The first-order valence-electron chi connectivity index (χ1n) is 22.8. The van der Waals surface area contributed by atoms with Gasteiger partial charge in [0.1, 0.15) is 0 Å². The maximum absolute atomic E-state index is 15.2. The summed E-state index contributed by atoms with van der Waals surface area (Å²) in [6.45, 7) is 1.91. The van der Waals surface area contributed by atoms with E-state index in [0.29, 0.717) is 28.7 Å². The molecule has 0 amide bonds. The van der Waals surface area contributed by atoms with E-state index in [1.54, 1.807) is 121 Å². The summed E-state index contributed by atoms with van der Waals surface area (Å²) in [5.74, 6) is -8.14. The van der Waals surface area contributed by atoms with E-state index in [2.05, 4.69) is 22.9 Å². The van der Waals surface area contributed by atoms with Crippen LogP contribution in [0.1, 0.15) is 144 Å². The van der Waals surface area contributed by atoms with Gasteiger partial charge in [-0.3, -0.25) is 23.4 Å². The number of alkyl halides is 1. The molecule has 13 heteroatoms. The third kappa shape index (κ3) is 13.5. The van der Waals surface area contributed by atoms with Gasteiger partial charge in [-0.2, -0.15) is 0 Å². The summed E-state index contributed by atoms with van der Waals surface area (Å²) in [5, 5.41) is 25.1. The predicted octanol–water partition coefficient (Wildman–Crippen LogP) is 12.0. The van der Waals surface area contributed by atoms with Gasteiger partial charge in [-0.05, 0) is 28.7 Å². The topological polar surface area (TPSA) is 155 Å². The Morgan fingerprint density at radius 1 is 0.609 bits per heavy atom. The smallest absolute Gasteiger partial charge is 0.451 e. The summed E-state index contributed by atoms with van der Waals surface area (Å²) < 4.78 is 42.9. The number of phosphoric ester groups is 1. The first kappa shape index (κ1) is 51.0. The van der Waals surface area contributed by atoms with E-state index in [0.717, 1.165) is 25.7 Å². The number of Topliss-reactive ketones (excluding diaryl/α,β-unsaturated/α-hetero) is 1. The average molecular weight is 964 g/mol. The highest BCUT2D eigenvalue weighted by Crippen LogP contribution is 2.64. The number of ether oxygens (including phenoxy) is 2. The molecule has 64 heavy (non-hydrogen) atoms. The fraction of sp³-hybridized carbons (Fsp3) is 0.471. The lowest BCUT2D eigenvalue weighted by Gasteiger charge is -2.48. The Balaban J connectivity index is 1.44. The number of carbonyl (C=O) groups excluding carboxylic acids is 3. The number of unbranched alkanes of at least 4 members (excludes halogenated alkanes) is 14. The molecule has 0 saturated carbocycles. The first-order chi connectivity index (χ1) is 31.1. The average Bonchev–Trinajstić information content (AvgIpc) is 3.31. The Morgan fingerprint density at radius 3 is 1.30 bits per heavy atom. The van der Waals surface area contributed by atoms with Gasteiger partial charge in [-0.25, -0.2) is 9.09 Å². The number of rotatable bonds is 28. The van der Waals surface area contributed by atoms with Crippen molar-refractivity contribution in [3.05, 3.63) is 144 Å². The van der Waals surface area contributed by atoms with E-state index in [1.165, 1.54) is 57.8 Å². The van der Waals surface area contributed by atoms with Crippen molar-refractivity contribution in [1.29, 1.82) is 0 Å². The minimum atomic E-state index is -5.06. The fourth-order valence-electron chi connectivity index (χ4n) is 8.05. The van der Waals surface area contributed by atoms with Crippen LogP contribution in [0.5, 0.6) is 0 Å². The van der Waals surface area contributed by atoms with E-state index in [-0.39, 0.29) is 18.4 Å². The van der Waals surface area contributed by atoms with E-state index in [4.69, 9.17) is 23.0 Å². The minimum Gasteiger partial charge on any atom is -0.451 e. The number of halogens is 1. The molecule has 0 aliphatic carbocycles. The van der Waals surface area contributed by atoms with Crippen molar-refractivity contribution in [2.75, 3.05) is 11.9 Å². The predicted molar refractivity (Wildman–Crippen MR) is 249 cm³/mol. The van der Waals surface area contributed by atoms with Gasteiger partial charge in [-0.15, -0.1) is 0 Å². The van der Waals surface area contributed by atoms with Crippen molar-refractivity contribution in [1.82, 2.24) is 0 Å². The molecule has 0 spiro atoms. The monoisotopic (exact) mass is 962 g/mol.